The van der Waals surface area contributed by atoms with E-state index in [0.29, 0.717) is 5.69 Å². The molecule has 134 valence electrons. The number of halogens is 5. The largest absolute Gasteiger partial charge is 0.435 e. The quantitative estimate of drug-likeness (QED) is 0.816. The maximum absolute atomic E-state index is 13.7. The van der Waals surface area contributed by atoms with E-state index in [-0.39, 0.29) is 36.8 Å². The van der Waals surface area contributed by atoms with E-state index < -0.39 is 23.7 Å². The van der Waals surface area contributed by atoms with Crippen LogP contribution in [0.2, 0.25) is 5.02 Å². The summed E-state index contributed by atoms with van der Waals surface area (Å²) in [6.45, 7) is 0.318. The van der Waals surface area contributed by atoms with Gasteiger partial charge in [-0.05, 0) is 18.2 Å². The first-order valence-electron chi connectivity index (χ1n) is 7.34. The van der Waals surface area contributed by atoms with Crippen molar-refractivity contribution >= 4 is 17.6 Å². The second-order valence-corrected chi connectivity index (χ2v) is 5.99. The molecule has 25 heavy (non-hydrogen) atoms. The number of alkyl halides is 3. The molecule has 0 aliphatic carbocycles. The molecule has 1 aliphatic heterocycles. The topological polar surface area (TPSA) is 50.2 Å². The van der Waals surface area contributed by atoms with Crippen LogP contribution in [0.5, 0.6) is 0 Å². The molecule has 0 fully saturated rings. The molecule has 0 unspecified atom stereocenters. The highest BCUT2D eigenvalue weighted by Crippen LogP contribution is 2.29. The first kappa shape index (κ1) is 17.5. The number of carbonyl (C=O) groups is 1. The molecule has 3 rings (SSSR count). The van der Waals surface area contributed by atoms with Gasteiger partial charge in [-0.25, -0.2) is 9.18 Å². The van der Waals surface area contributed by atoms with E-state index in [4.69, 9.17) is 11.6 Å². The smallest absolute Gasteiger partial charge is 0.334 e. The third kappa shape index (κ3) is 3.87. The van der Waals surface area contributed by atoms with Crippen LogP contribution in [0, 0.1) is 5.82 Å². The lowest BCUT2D eigenvalue weighted by Crippen LogP contribution is -2.44. The summed E-state index contributed by atoms with van der Waals surface area (Å²) in [5.41, 5.74) is -0.418. The van der Waals surface area contributed by atoms with Crippen LogP contribution in [-0.4, -0.2) is 27.3 Å². The maximum Gasteiger partial charge on any atom is 0.435 e. The lowest BCUT2D eigenvalue weighted by molar-refractivity contribution is -0.141. The first-order valence-corrected chi connectivity index (χ1v) is 7.72. The number of hydrogen-bond acceptors (Lipinski definition) is 2. The van der Waals surface area contributed by atoms with Gasteiger partial charge in [-0.3, -0.25) is 4.68 Å². The molecule has 1 aromatic heterocycles. The summed E-state index contributed by atoms with van der Waals surface area (Å²) in [6.07, 6.45) is -4.52. The number of urea groups is 1. The highest BCUT2D eigenvalue weighted by Gasteiger charge is 2.36. The van der Waals surface area contributed by atoms with E-state index in [2.05, 4.69) is 10.4 Å². The Morgan fingerprint density at radius 3 is 2.72 bits per heavy atom. The summed E-state index contributed by atoms with van der Waals surface area (Å²) in [6, 6.07) is 4.54. The van der Waals surface area contributed by atoms with Gasteiger partial charge in [0.05, 0.1) is 18.8 Å². The van der Waals surface area contributed by atoms with Crippen molar-refractivity contribution in [3.63, 3.8) is 0 Å². The fourth-order valence-electron chi connectivity index (χ4n) is 2.53. The summed E-state index contributed by atoms with van der Waals surface area (Å²) >= 11 is 5.66. The van der Waals surface area contributed by atoms with Crippen LogP contribution in [0.4, 0.5) is 22.4 Å². The average molecular weight is 377 g/mol. The van der Waals surface area contributed by atoms with Crippen LogP contribution in [0.25, 0.3) is 0 Å². The van der Waals surface area contributed by atoms with Gasteiger partial charge in [0.1, 0.15) is 5.82 Å². The number of aromatic nitrogens is 2. The minimum atomic E-state index is -4.52. The Labute approximate surface area is 145 Å². The van der Waals surface area contributed by atoms with Gasteiger partial charge >= 0.3 is 12.2 Å². The lowest BCUT2D eigenvalue weighted by atomic mass is 10.2. The van der Waals surface area contributed by atoms with Crippen LogP contribution >= 0.6 is 11.6 Å². The van der Waals surface area contributed by atoms with Crippen molar-refractivity contribution in [3.05, 3.63) is 52.1 Å². The standard InChI is InChI=1S/C15H13ClF4N4O/c16-10-2-1-9(12(17)5-10)7-21-14(25)23-3-4-24-11(8-23)6-13(22-24)15(18,19)20/h1-2,5-6H,3-4,7-8H2,(H,21,25). The number of amides is 2. The molecule has 1 N–H and O–H groups in total. The molecule has 0 radical (unpaired) electrons. The number of carbonyl (C=O) groups excluding carboxylic acids is 1. The minimum absolute atomic E-state index is 0.00197. The molecule has 0 spiro atoms. The van der Waals surface area contributed by atoms with Gasteiger partial charge in [0.25, 0.3) is 0 Å². The number of benzene rings is 1. The molecular formula is C15H13ClF4N4O. The van der Waals surface area contributed by atoms with Crippen molar-refractivity contribution in [1.82, 2.24) is 20.0 Å². The molecule has 10 heteroatoms. The fraction of sp³-hybridized carbons (Fsp3) is 0.333. The van der Waals surface area contributed by atoms with E-state index in [0.717, 1.165) is 12.1 Å². The third-order valence-electron chi connectivity index (χ3n) is 3.82. The van der Waals surface area contributed by atoms with E-state index >= 15 is 0 Å². The highest BCUT2D eigenvalue weighted by molar-refractivity contribution is 6.30. The van der Waals surface area contributed by atoms with Crippen molar-refractivity contribution in [2.24, 2.45) is 0 Å². The summed E-state index contributed by atoms with van der Waals surface area (Å²) in [5, 5.41) is 6.30. The Kier molecular flexibility index (Phi) is 4.59. The van der Waals surface area contributed by atoms with Gasteiger partial charge in [-0.2, -0.15) is 18.3 Å². The Hall–Kier alpha value is -2.29. The van der Waals surface area contributed by atoms with Gasteiger partial charge in [0.15, 0.2) is 5.69 Å². The van der Waals surface area contributed by atoms with Crippen molar-refractivity contribution in [2.75, 3.05) is 6.54 Å². The Morgan fingerprint density at radius 2 is 2.04 bits per heavy atom. The van der Waals surface area contributed by atoms with Crippen molar-refractivity contribution < 1.29 is 22.4 Å². The molecule has 1 aromatic carbocycles. The molecule has 0 saturated heterocycles. The molecule has 2 aromatic rings. The molecular weight excluding hydrogens is 364 g/mol. The SMILES string of the molecule is O=C(NCc1ccc(Cl)cc1F)N1CCn2nc(C(F)(F)F)cc2C1. The average Bonchev–Trinajstić information content (AvgIpc) is 2.97. The highest BCUT2D eigenvalue weighted by atomic mass is 35.5. The van der Waals surface area contributed by atoms with E-state index in [9.17, 15) is 22.4 Å². The van der Waals surface area contributed by atoms with Gasteiger partial charge in [0.2, 0.25) is 0 Å². The first-order chi connectivity index (χ1) is 11.7. The molecule has 0 atom stereocenters. The van der Waals surface area contributed by atoms with Crippen molar-refractivity contribution in [1.29, 1.82) is 0 Å². The number of nitrogens with zero attached hydrogens (tertiary/aromatic N) is 3. The van der Waals surface area contributed by atoms with E-state index in [1.54, 1.807) is 0 Å². The Morgan fingerprint density at radius 1 is 1.28 bits per heavy atom. The Balaban J connectivity index is 1.63. The van der Waals surface area contributed by atoms with E-state index in [1.165, 1.54) is 21.7 Å². The van der Waals surface area contributed by atoms with Crippen molar-refractivity contribution in [2.45, 2.75) is 25.8 Å². The molecule has 0 bridgehead atoms. The number of rotatable bonds is 2. The zero-order valence-corrected chi connectivity index (χ0v) is 13.5. The molecule has 0 saturated carbocycles. The predicted octanol–water partition coefficient (Wildman–Crippen LogP) is 3.42. The zero-order chi connectivity index (χ0) is 18.2. The second-order valence-electron chi connectivity index (χ2n) is 5.56. The second kappa shape index (κ2) is 6.55. The number of fused-ring (bicyclic) bond motifs is 1. The zero-order valence-electron chi connectivity index (χ0n) is 12.8. The van der Waals surface area contributed by atoms with Gasteiger partial charge in [-0.1, -0.05) is 17.7 Å². The normalized spacial score (nSPS) is 14.4. The monoisotopic (exact) mass is 376 g/mol. The fourth-order valence-corrected chi connectivity index (χ4v) is 2.68. The van der Waals surface area contributed by atoms with Crippen LogP contribution in [0.15, 0.2) is 24.3 Å². The maximum atomic E-state index is 13.7. The summed E-state index contributed by atoms with van der Waals surface area (Å²) < 4.78 is 53.0. The summed E-state index contributed by atoms with van der Waals surface area (Å²) in [4.78, 5) is 13.5. The summed E-state index contributed by atoms with van der Waals surface area (Å²) in [7, 11) is 0. The Bertz CT molecular complexity index is 805. The van der Waals surface area contributed by atoms with Crippen molar-refractivity contribution in [3.8, 4) is 0 Å². The summed E-state index contributed by atoms with van der Waals surface area (Å²) in [5.74, 6) is -0.542. The van der Waals surface area contributed by atoms with Gasteiger partial charge in [0, 0.05) is 23.7 Å². The van der Waals surface area contributed by atoms with Crippen LogP contribution in [0.3, 0.4) is 0 Å². The van der Waals surface area contributed by atoms with Crippen LogP contribution in [0.1, 0.15) is 17.0 Å². The number of nitrogens with one attached hydrogen (secondary N) is 1. The van der Waals surface area contributed by atoms with E-state index in [1.807, 2.05) is 0 Å². The van der Waals surface area contributed by atoms with Gasteiger partial charge in [-0.15, -0.1) is 0 Å². The molecule has 2 amide bonds. The van der Waals surface area contributed by atoms with Crippen LogP contribution in [-0.2, 0) is 25.8 Å². The molecule has 5 nitrogen and oxygen atoms in total. The van der Waals surface area contributed by atoms with Gasteiger partial charge < -0.3 is 10.2 Å². The number of hydrogen-bond donors (Lipinski definition) is 1. The predicted molar refractivity (Wildman–Crippen MR) is 81.3 cm³/mol. The molecule has 2 heterocycles. The lowest BCUT2D eigenvalue weighted by Gasteiger charge is -2.27. The minimum Gasteiger partial charge on any atom is -0.334 e. The third-order valence-corrected chi connectivity index (χ3v) is 4.06. The van der Waals surface area contributed by atoms with Crippen LogP contribution < -0.4 is 5.32 Å². The molecule has 1 aliphatic rings.